The van der Waals surface area contributed by atoms with E-state index in [1.54, 1.807) is 29.1 Å². The molecule has 1 amide bonds. The first-order valence-corrected chi connectivity index (χ1v) is 10.7. The first kappa shape index (κ1) is 21.5. The predicted molar refractivity (Wildman–Crippen MR) is 114 cm³/mol. The van der Waals surface area contributed by atoms with Gasteiger partial charge in [-0.05, 0) is 54.0 Å². The summed E-state index contributed by atoms with van der Waals surface area (Å²) in [6, 6.07) is 8.34. The third-order valence-corrected chi connectivity index (χ3v) is 7.48. The number of carboxylic acids is 1. The number of hydrogen-bond acceptors (Lipinski definition) is 3. The zero-order valence-corrected chi connectivity index (χ0v) is 17.8. The van der Waals surface area contributed by atoms with E-state index in [0.29, 0.717) is 35.0 Å². The van der Waals surface area contributed by atoms with Crippen molar-refractivity contribution in [3.8, 4) is 0 Å². The summed E-state index contributed by atoms with van der Waals surface area (Å²) < 4.78 is 40.3. The third-order valence-electron chi connectivity index (χ3n) is 7.48. The maximum atomic E-state index is 13.2. The van der Waals surface area contributed by atoms with E-state index in [9.17, 15) is 22.8 Å². The van der Waals surface area contributed by atoms with E-state index in [2.05, 4.69) is 10.3 Å². The lowest BCUT2D eigenvalue weighted by molar-refractivity contribution is -0.222. The topological polar surface area (TPSA) is 84.2 Å². The number of nitrogens with zero attached hydrogens (tertiary/aromatic N) is 2. The molecule has 1 aromatic carbocycles. The summed E-state index contributed by atoms with van der Waals surface area (Å²) in [4.78, 5) is 28.7. The number of carboxylic acid groups (broad SMARTS) is 1. The molecule has 3 aromatic rings. The van der Waals surface area contributed by atoms with Crippen molar-refractivity contribution < 1.29 is 27.9 Å². The maximum Gasteiger partial charge on any atom is 0.416 e. The van der Waals surface area contributed by atoms with Gasteiger partial charge in [0.2, 0.25) is 0 Å². The molecule has 172 valence electrons. The minimum absolute atomic E-state index is 0.0845. The average molecular weight is 457 g/mol. The Morgan fingerprint density at radius 2 is 1.88 bits per heavy atom. The molecule has 0 saturated heterocycles. The summed E-state index contributed by atoms with van der Waals surface area (Å²) in [7, 11) is 0. The van der Waals surface area contributed by atoms with Crippen molar-refractivity contribution in [3.05, 3.63) is 65.5 Å². The van der Waals surface area contributed by atoms with Crippen molar-refractivity contribution >= 4 is 22.9 Å². The molecule has 0 aliphatic heterocycles. The van der Waals surface area contributed by atoms with Gasteiger partial charge in [0.25, 0.3) is 5.91 Å². The predicted octanol–water partition coefficient (Wildman–Crippen LogP) is 4.48. The van der Waals surface area contributed by atoms with Crippen LogP contribution in [0.2, 0.25) is 0 Å². The fourth-order valence-corrected chi connectivity index (χ4v) is 5.65. The fraction of sp³-hybridized carbons (Fsp3) is 0.375. The number of carbonyl (C=O) groups excluding carboxylic acids is 1. The van der Waals surface area contributed by atoms with Gasteiger partial charge in [-0.2, -0.15) is 13.2 Å². The number of pyridine rings is 1. The van der Waals surface area contributed by atoms with E-state index in [0.717, 1.165) is 12.1 Å². The van der Waals surface area contributed by atoms with Crippen molar-refractivity contribution in [2.45, 2.75) is 44.4 Å². The Morgan fingerprint density at radius 1 is 1.18 bits per heavy atom. The number of fused-ring (bicyclic) bond motifs is 1. The first-order valence-electron chi connectivity index (χ1n) is 10.7. The number of aliphatic carboxylic acids is 1. The number of nitrogens with one attached hydrogen (secondary N) is 1. The van der Waals surface area contributed by atoms with Crippen LogP contribution in [-0.4, -0.2) is 32.1 Å². The highest BCUT2D eigenvalue weighted by atomic mass is 19.4. The van der Waals surface area contributed by atoms with Crippen molar-refractivity contribution in [2.24, 2.45) is 11.3 Å². The summed E-state index contributed by atoms with van der Waals surface area (Å²) in [5, 5.41) is 12.3. The largest absolute Gasteiger partial charge is 0.481 e. The van der Waals surface area contributed by atoms with Gasteiger partial charge >= 0.3 is 12.1 Å². The van der Waals surface area contributed by atoms with Crippen LogP contribution in [0, 0.1) is 11.3 Å². The van der Waals surface area contributed by atoms with Crippen LogP contribution in [0.15, 0.2) is 48.8 Å². The molecule has 3 saturated carbocycles. The van der Waals surface area contributed by atoms with Crippen molar-refractivity contribution in [1.82, 2.24) is 14.9 Å². The highest BCUT2D eigenvalue weighted by molar-refractivity contribution is 6.05. The molecular formula is C24H22F3N3O3. The quantitative estimate of drug-likeness (QED) is 0.572. The number of hydrogen-bond donors (Lipinski definition) is 2. The van der Waals surface area contributed by atoms with E-state index in [1.165, 1.54) is 12.1 Å². The van der Waals surface area contributed by atoms with Crippen molar-refractivity contribution in [3.63, 3.8) is 0 Å². The van der Waals surface area contributed by atoms with Crippen LogP contribution >= 0.6 is 0 Å². The van der Waals surface area contributed by atoms with Crippen molar-refractivity contribution in [1.29, 1.82) is 0 Å². The first-order chi connectivity index (χ1) is 15.5. The molecule has 0 unspecified atom stereocenters. The van der Waals surface area contributed by atoms with Gasteiger partial charge in [0, 0.05) is 24.5 Å². The van der Waals surface area contributed by atoms with Gasteiger partial charge in [-0.1, -0.05) is 19.1 Å². The monoisotopic (exact) mass is 457 g/mol. The number of benzene rings is 1. The summed E-state index contributed by atoms with van der Waals surface area (Å²) in [6.45, 7) is 2.27. The number of alkyl halides is 3. The van der Waals surface area contributed by atoms with Gasteiger partial charge in [-0.3, -0.25) is 14.6 Å². The zero-order chi connectivity index (χ0) is 23.6. The molecule has 2 bridgehead atoms. The summed E-state index contributed by atoms with van der Waals surface area (Å²) in [5.41, 5.74) is 0.999. The Labute approximate surface area is 187 Å². The third kappa shape index (κ3) is 3.37. The van der Waals surface area contributed by atoms with Crippen LogP contribution in [0.3, 0.4) is 0 Å². The van der Waals surface area contributed by atoms with Crippen LogP contribution < -0.4 is 5.32 Å². The number of halogens is 3. The second-order valence-electron chi connectivity index (χ2n) is 9.35. The van der Waals surface area contributed by atoms with Crippen LogP contribution in [0.1, 0.15) is 47.7 Å². The lowest BCUT2D eigenvalue weighted by atomic mass is 9.32. The molecule has 9 heteroatoms. The number of aromatic nitrogens is 2. The van der Waals surface area contributed by atoms with Gasteiger partial charge in [-0.25, -0.2) is 0 Å². The standard InChI is InChI=1S/C24H22F3N3O3/c1-14-22(10-19(31)32)12-23(14,13-22)29-21(33)17-6-8-28-18-7-9-30(20(17)18)11-15-2-4-16(5-3-15)24(25,26)27/h2-9,14H,10-13H2,1H3,(H,29,33)(H,31,32)/t14-,22?,23?/m0/s1. The lowest BCUT2D eigenvalue weighted by Crippen LogP contribution is -2.81. The molecule has 3 aliphatic rings. The molecule has 3 aliphatic carbocycles. The Hall–Kier alpha value is -3.36. The average Bonchev–Trinajstić information content (AvgIpc) is 3.14. The van der Waals surface area contributed by atoms with E-state index in [4.69, 9.17) is 5.11 Å². The number of amides is 1. The molecule has 6 rings (SSSR count). The lowest BCUT2D eigenvalue weighted by Gasteiger charge is -2.75. The Morgan fingerprint density at radius 3 is 2.48 bits per heavy atom. The zero-order valence-electron chi connectivity index (χ0n) is 17.8. The van der Waals surface area contributed by atoms with E-state index < -0.39 is 17.7 Å². The molecule has 0 spiro atoms. The second kappa shape index (κ2) is 7.07. The molecule has 2 heterocycles. The molecule has 2 N–H and O–H groups in total. The SMILES string of the molecule is C[C@H]1C2(CC(=O)O)CC1(NC(=O)c1ccnc3ccn(Cc4ccc(C(F)(F)F)cc4)c13)C2. The summed E-state index contributed by atoms with van der Waals surface area (Å²) in [6.07, 6.45) is 0.339. The molecule has 3 fully saturated rings. The molecular weight excluding hydrogens is 435 g/mol. The Bertz CT molecular complexity index is 1260. The molecule has 6 nitrogen and oxygen atoms in total. The van der Waals surface area contributed by atoms with Gasteiger partial charge in [0.15, 0.2) is 0 Å². The second-order valence-corrected chi connectivity index (χ2v) is 9.35. The Balaban J connectivity index is 1.38. The molecule has 33 heavy (non-hydrogen) atoms. The molecule has 2 aromatic heterocycles. The fourth-order valence-electron chi connectivity index (χ4n) is 5.65. The highest BCUT2D eigenvalue weighted by Crippen LogP contribution is 2.72. The summed E-state index contributed by atoms with van der Waals surface area (Å²) >= 11 is 0. The van der Waals surface area contributed by atoms with Gasteiger partial charge in [0.1, 0.15) is 0 Å². The minimum atomic E-state index is -4.39. The van der Waals surface area contributed by atoms with Crippen molar-refractivity contribution in [2.75, 3.05) is 0 Å². The summed E-state index contributed by atoms with van der Waals surface area (Å²) in [5.74, 6) is -0.995. The minimum Gasteiger partial charge on any atom is -0.481 e. The highest BCUT2D eigenvalue weighted by Gasteiger charge is 2.74. The number of rotatable bonds is 6. The molecule has 1 atom stereocenters. The van der Waals surface area contributed by atoms with Gasteiger partial charge in [-0.15, -0.1) is 0 Å². The van der Waals surface area contributed by atoms with E-state index >= 15 is 0 Å². The van der Waals surface area contributed by atoms with Gasteiger partial charge in [0.05, 0.1) is 28.6 Å². The molecule has 0 radical (unpaired) electrons. The maximum absolute atomic E-state index is 13.2. The van der Waals surface area contributed by atoms with Gasteiger partial charge < -0.3 is 15.0 Å². The van der Waals surface area contributed by atoms with Crippen LogP contribution in [-0.2, 0) is 17.5 Å². The smallest absolute Gasteiger partial charge is 0.416 e. The van der Waals surface area contributed by atoms with Crippen LogP contribution in [0.4, 0.5) is 13.2 Å². The van der Waals surface area contributed by atoms with E-state index in [1.807, 2.05) is 6.92 Å². The normalized spacial score (nSPS) is 25.9. The van der Waals surface area contributed by atoms with Crippen LogP contribution in [0.5, 0.6) is 0 Å². The van der Waals surface area contributed by atoms with Crippen LogP contribution in [0.25, 0.3) is 11.0 Å². The number of carbonyl (C=O) groups is 2. The Kier molecular flexibility index (Phi) is 4.60. The van der Waals surface area contributed by atoms with E-state index in [-0.39, 0.29) is 35.7 Å².